The van der Waals surface area contributed by atoms with Crippen LogP contribution in [0, 0.1) is 5.92 Å². The van der Waals surface area contributed by atoms with Gasteiger partial charge >= 0.3 is 0 Å². The van der Waals surface area contributed by atoms with E-state index in [1.165, 1.54) is 12.0 Å². The fourth-order valence-corrected chi connectivity index (χ4v) is 3.13. The Bertz CT molecular complexity index is 413. The average molecular weight is 243 g/mol. The largest absolute Gasteiger partial charge is 0.390 e. The molecule has 1 saturated heterocycles. The van der Waals surface area contributed by atoms with Crippen molar-refractivity contribution in [3.8, 4) is 0 Å². The zero-order chi connectivity index (χ0) is 12.4. The summed E-state index contributed by atoms with van der Waals surface area (Å²) in [5.41, 5.74) is 1.44. The normalized spacial score (nSPS) is 30.1. The van der Waals surface area contributed by atoms with Gasteiger partial charge in [-0.2, -0.15) is 0 Å². The van der Waals surface area contributed by atoms with Crippen molar-refractivity contribution < 1.29 is 5.11 Å². The molecule has 96 valence electrons. The third kappa shape index (κ3) is 2.36. The predicted octanol–water partition coefficient (Wildman–Crippen LogP) is 2.44. The molecule has 0 aromatic heterocycles. The lowest BCUT2D eigenvalue weighted by atomic mass is 9.83. The maximum absolute atomic E-state index is 9.55. The fraction of sp³-hybridized carbons (Fsp3) is 0.500. The van der Waals surface area contributed by atoms with Gasteiger partial charge in [0.25, 0.3) is 0 Å². The molecule has 3 aliphatic rings. The van der Waals surface area contributed by atoms with Crippen LogP contribution in [-0.2, 0) is 0 Å². The summed E-state index contributed by atoms with van der Waals surface area (Å²) in [6, 6.07) is 0.450. The lowest BCUT2D eigenvalue weighted by molar-refractivity contribution is -0.0242. The van der Waals surface area contributed by atoms with Gasteiger partial charge in [0.15, 0.2) is 0 Å². The summed E-state index contributed by atoms with van der Waals surface area (Å²) in [4.78, 5) is 2.42. The van der Waals surface area contributed by atoms with Crippen molar-refractivity contribution in [2.75, 3.05) is 13.1 Å². The molecule has 2 atom stereocenters. The number of hydrogen-bond donors (Lipinski definition) is 1. The van der Waals surface area contributed by atoms with E-state index >= 15 is 0 Å². The second kappa shape index (κ2) is 5.25. The van der Waals surface area contributed by atoms with Crippen LogP contribution >= 0.6 is 0 Å². The summed E-state index contributed by atoms with van der Waals surface area (Å²) in [6.07, 6.45) is 19.1. The van der Waals surface area contributed by atoms with Crippen LogP contribution in [0.3, 0.4) is 0 Å². The maximum Gasteiger partial charge on any atom is 0.0794 e. The highest BCUT2D eigenvalue weighted by Crippen LogP contribution is 2.31. The van der Waals surface area contributed by atoms with Gasteiger partial charge in [-0.15, -0.1) is 0 Å². The summed E-state index contributed by atoms with van der Waals surface area (Å²) in [7, 11) is 0. The van der Waals surface area contributed by atoms with Crippen LogP contribution < -0.4 is 0 Å². The van der Waals surface area contributed by atoms with Crippen molar-refractivity contribution in [3.63, 3.8) is 0 Å². The van der Waals surface area contributed by atoms with Crippen LogP contribution in [0.1, 0.15) is 19.3 Å². The van der Waals surface area contributed by atoms with E-state index in [2.05, 4.69) is 47.4 Å². The zero-order valence-electron chi connectivity index (χ0n) is 10.7. The van der Waals surface area contributed by atoms with Crippen molar-refractivity contribution in [2.24, 2.45) is 5.92 Å². The van der Waals surface area contributed by atoms with Crippen LogP contribution in [0.15, 0.2) is 48.1 Å². The summed E-state index contributed by atoms with van der Waals surface area (Å²) in [5, 5.41) is 9.55. The number of allylic oxidation sites excluding steroid dienone is 5. The van der Waals surface area contributed by atoms with E-state index in [0.29, 0.717) is 12.0 Å². The summed E-state index contributed by atoms with van der Waals surface area (Å²) < 4.78 is 0. The number of likely N-dealkylation sites (tertiary alicyclic amines) is 1. The number of nitrogens with zero attached hydrogens (tertiary/aromatic N) is 1. The van der Waals surface area contributed by atoms with Crippen LogP contribution in [0.4, 0.5) is 0 Å². The first-order valence-corrected chi connectivity index (χ1v) is 6.96. The molecule has 0 radical (unpaired) electrons. The van der Waals surface area contributed by atoms with Gasteiger partial charge in [0.2, 0.25) is 0 Å². The van der Waals surface area contributed by atoms with Crippen molar-refractivity contribution >= 4 is 0 Å². The van der Waals surface area contributed by atoms with Crippen molar-refractivity contribution in [2.45, 2.75) is 31.4 Å². The predicted molar refractivity (Wildman–Crippen MR) is 74.2 cm³/mol. The Morgan fingerprint density at radius 1 is 1.17 bits per heavy atom. The number of rotatable bonds is 3. The third-order valence-corrected chi connectivity index (χ3v) is 4.07. The van der Waals surface area contributed by atoms with Crippen molar-refractivity contribution in [1.82, 2.24) is 4.90 Å². The highest BCUT2D eigenvalue weighted by atomic mass is 16.3. The Hall–Kier alpha value is -1.12. The number of β-amino-alcohol motifs (C(OH)–C–C–N with tert-alkyl or cyclic N) is 1. The zero-order valence-corrected chi connectivity index (χ0v) is 10.7. The van der Waals surface area contributed by atoms with Gasteiger partial charge in [-0.05, 0) is 24.8 Å². The first-order valence-electron chi connectivity index (χ1n) is 6.96. The van der Waals surface area contributed by atoms with Gasteiger partial charge in [0.05, 0.1) is 6.10 Å². The monoisotopic (exact) mass is 243 g/mol. The molecule has 1 heterocycles. The average Bonchev–Trinajstić information content (AvgIpc) is 2.40. The van der Waals surface area contributed by atoms with E-state index < -0.39 is 0 Å². The number of hydrogen-bond acceptors (Lipinski definition) is 2. The van der Waals surface area contributed by atoms with E-state index in [4.69, 9.17) is 0 Å². The van der Waals surface area contributed by atoms with Gasteiger partial charge < -0.3 is 5.11 Å². The first-order chi connectivity index (χ1) is 8.84. The molecule has 2 unspecified atom stereocenters. The van der Waals surface area contributed by atoms with Gasteiger partial charge in [-0.1, -0.05) is 42.5 Å². The Kier molecular flexibility index (Phi) is 3.48. The van der Waals surface area contributed by atoms with Gasteiger partial charge in [-0.3, -0.25) is 4.90 Å². The highest BCUT2D eigenvalue weighted by molar-refractivity contribution is 5.32. The van der Waals surface area contributed by atoms with Gasteiger partial charge in [0.1, 0.15) is 0 Å². The molecule has 3 rings (SSSR count). The number of aliphatic hydroxyl groups is 1. The fourth-order valence-electron chi connectivity index (χ4n) is 3.13. The Morgan fingerprint density at radius 2 is 2.06 bits per heavy atom. The van der Waals surface area contributed by atoms with Gasteiger partial charge in [0, 0.05) is 25.0 Å². The van der Waals surface area contributed by atoms with E-state index in [1.54, 1.807) is 0 Å². The van der Waals surface area contributed by atoms with E-state index in [9.17, 15) is 5.11 Å². The topological polar surface area (TPSA) is 23.5 Å². The molecule has 1 fully saturated rings. The minimum absolute atomic E-state index is 0.121. The quantitative estimate of drug-likeness (QED) is 0.823. The second-order valence-electron chi connectivity index (χ2n) is 5.45. The van der Waals surface area contributed by atoms with Crippen molar-refractivity contribution in [1.29, 1.82) is 0 Å². The molecule has 2 heteroatoms. The lowest BCUT2D eigenvalue weighted by Gasteiger charge is -2.45. The maximum atomic E-state index is 9.55. The second-order valence-corrected chi connectivity index (χ2v) is 5.45. The minimum Gasteiger partial charge on any atom is -0.390 e. The standard InChI is InChI=1S/C16H21NO/c18-15-11-17(12-15)16(13-7-3-1-4-8-13)14-9-5-2-6-10-14/h1,3-5,7,9-10,13,15-16,18H,2,6,8,11-12H2. The molecule has 0 amide bonds. The Morgan fingerprint density at radius 3 is 2.67 bits per heavy atom. The smallest absolute Gasteiger partial charge is 0.0794 e. The molecular weight excluding hydrogens is 222 g/mol. The van der Waals surface area contributed by atoms with Crippen LogP contribution in [0.25, 0.3) is 0 Å². The Balaban J connectivity index is 1.79. The molecule has 0 aromatic carbocycles. The molecule has 0 aromatic rings. The number of aliphatic hydroxyl groups excluding tert-OH is 1. The molecule has 2 aliphatic carbocycles. The molecule has 0 bridgehead atoms. The SMILES string of the molecule is OC1CN(C(C2=CCCC=C2)C2C=CC=CC2)C1. The van der Waals surface area contributed by atoms with Crippen LogP contribution in [-0.4, -0.2) is 35.2 Å². The van der Waals surface area contributed by atoms with Crippen LogP contribution in [0.5, 0.6) is 0 Å². The molecule has 0 saturated carbocycles. The summed E-state index contributed by atoms with van der Waals surface area (Å²) in [6.45, 7) is 1.65. The minimum atomic E-state index is -0.121. The molecule has 18 heavy (non-hydrogen) atoms. The first kappa shape index (κ1) is 11.9. The van der Waals surface area contributed by atoms with Crippen LogP contribution in [0.2, 0.25) is 0 Å². The Labute approximate surface area is 109 Å². The molecule has 0 spiro atoms. The van der Waals surface area contributed by atoms with Crippen molar-refractivity contribution in [3.05, 3.63) is 48.1 Å². The molecule has 2 nitrogen and oxygen atoms in total. The van der Waals surface area contributed by atoms with E-state index in [0.717, 1.165) is 25.9 Å². The molecule has 1 N–H and O–H groups in total. The van der Waals surface area contributed by atoms with E-state index in [1.807, 2.05) is 0 Å². The molecular formula is C16H21NO. The summed E-state index contributed by atoms with van der Waals surface area (Å²) in [5.74, 6) is 0.552. The lowest BCUT2D eigenvalue weighted by Crippen LogP contribution is -2.57. The molecule has 1 aliphatic heterocycles. The van der Waals surface area contributed by atoms with Gasteiger partial charge in [-0.25, -0.2) is 0 Å². The van der Waals surface area contributed by atoms with E-state index in [-0.39, 0.29) is 6.10 Å². The third-order valence-electron chi connectivity index (χ3n) is 4.07. The highest BCUT2D eigenvalue weighted by Gasteiger charge is 2.36. The summed E-state index contributed by atoms with van der Waals surface area (Å²) >= 11 is 0.